The average molecular weight is 307 g/mol. The van der Waals surface area contributed by atoms with Crippen molar-refractivity contribution in [3.8, 4) is 11.1 Å². The largest absolute Gasteiger partial charge is 0.387 e. The number of rotatable bonds is 3. The van der Waals surface area contributed by atoms with Gasteiger partial charge in [0.15, 0.2) is 0 Å². The van der Waals surface area contributed by atoms with Crippen molar-refractivity contribution < 1.29 is 4.92 Å². The van der Waals surface area contributed by atoms with Crippen LogP contribution in [0.4, 0.5) is 11.4 Å². The van der Waals surface area contributed by atoms with Crippen LogP contribution in [-0.4, -0.2) is 12.0 Å². The minimum atomic E-state index is -0.365. The standard InChI is InChI=1S/C13H11BrN2O2/c1-15-11-7-4-8-12(16(17)18)13(11)9-5-2-3-6-10(9)14/h2-8,15H,1H3. The second kappa shape index (κ2) is 5.18. The van der Waals surface area contributed by atoms with Crippen molar-refractivity contribution in [3.05, 3.63) is 57.1 Å². The molecule has 0 heterocycles. The maximum absolute atomic E-state index is 11.1. The van der Waals surface area contributed by atoms with Crippen LogP contribution in [0, 0.1) is 10.1 Å². The summed E-state index contributed by atoms with van der Waals surface area (Å²) in [5, 5.41) is 14.1. The van der Waals surface area contributed by atoms with Crippen LogP contribution in [0.3, 0.4) is 0 Å². The Morgan fingerprint density at radius 2 is 1.89 bits per heavy atom. The molecule has 0 fully saturated rings. The predicted octanol–water partition coefficient (Wildman–Crippen LogP) is 4.07. The minimum Gasteiger partial charge on any atom is -0.387 e. The summed E-state index contributed by atoms with van der Waals surface area (Å²) in [6.45, 7) is 0. The maximum Gasteiger partial charge on any atom is 0.279 e. The van der Waals surface area contributed by atoms with Crippen LogP contribution in [0.1, 0.15) is 0 Å². The Balaban J connectivity index is 2.76. The zero-order valence-electron chi connectivity index (χ0n) is 9.68. The van der Waals surface area contributed by atoms with Crippen molar-refractivity contribution in [2.45, 2.75) is 0 Å². The van der Waals surface area contributed by atoms with E-state index in [0.29, 0.717) is 5.56 Å². The summed E-state index contributed by atoms with van der Waals surface area (Å²) in [7, 11) is 1.75. The molecule has 1 N–H and O–H groups in total. The van der Waals surface area contributed by atoms with Gasteiger partial charge < -0.3 is 5.32 Å². The Morgan fingerprint density at radius 1 is 1.17 bits per heavy atom. The van der Waals surface area contributed by atoms with Crippen molar-refractivity contribution >= 4 is 27.3 Å². The molecule has 0 saturated heterocycles. The molecule has 4 nitrogen and oxygen atoms in total. The van der Waals surface area contributed by atoms with Crippen molar-refractivity contribution in [1.82, 2.24) is 0 Å². The van der Waals surface area contributed by atoms with Gasteiger partial charge in [0.1, 0.15) is 0 Å². The first-order valence-corrected chi connectivity index (χ1v) is 6.14. The molecule has 0 aliphatic carbocycles. The SMILES string of the molecule is CNc1cccc([N+](=O)[O-])c1-c1ccccc1Br. The van der Waals surface area contributed by atoms with E-state index < -0.39 is 0 Å². The number of halogens is 1. The highest BCUT2D eigenvalue weighted by atomic mass is 79.9. The Morgan fingerprint density at radius 3 is 2.50 bits per heavy atom. The van der Waals surface area contributed by atoms with Gasteiger partial charge in [-0.3, -0.25) is 10.1 Å². The fourth-order valence-corrected chi connectivity index (χ4v) is 2.33. The number of hydrogen-bond donors (Lipinski definition) is 1. The number of nitro benzene ring substituents is 1. The lowest BCUT2D eigenvalue weighted by atomic mass is 10.0. The number of nitro groups is 1. The highest BCUT2D eigenvalue weighted by molar-refractivity contribution is 9.10. The molecule has 0 amide bonds. The van der Waals surface area contributed by atoms with Gasteiger partial charge in [0.25, 0.3) is 5.69 Å². The van der Waals surface area contributed by atoms with Crippen molar-refractivity contribution in [2.24, 2.45) is 0 Å². The van der Waals surface area contributed by atoms with Gasteiger partial charge in [0.2, 0.25) is 0 Å². The molecular weight excluding hydrogens is 296 g/mol. The lowest BCUT2D eigenvalue weighted by Gasteiger charge is -2.11. The molecule has 0 bridgehead atoms. The Labute approximate surface area is 113 Å². The topological polar surface area (TPSA) is 55.2 Å². The molecule has 0 aliphatic rings. The molecule has 0 atom stereocenters. The molecule has 0 aliphatic heterocycles. The molecular formula is C13H11BrN2O2. The first-order valence-electron chi connectivity index (χ1n) is 5.35. The summed E-state index contributed by atoms with van der Waals surface area (Å²) in [6, 6.07) is 12.5. The van der Waals surface area contributed by atoms with Gasteiger partial charge >= 0.3 is 0 Å². The molecule has 18 heavy (non-hydrogen) atoms. The van der Waals surface area contributed by atoms with Crippen molar-refractivity contribution in [1.29, 1.82) is 0 Å². The van der Waals surface area contributed by atoms with Crippen LogP contribution >= 0.6 is 15.9 Å². The maximum atomic E-state index is 11.1. The number of hydrogen-bond acceptors (Lipinski definition) is 3. The normalized spacial score (nSPS) is 10.1. The monoisotopic (exact) mass is 306 g/mol. The molecule has 0 radical (unpaired) electrons. The Bertz CT molecular complexity index is 599. The molecule has 92 valence electrons. The van der Waals surface area contributed by atoms with Crippen LogP contribution in [0.25, 0.3) is 11.1 Å². The van der Waals surface area contributed by atoms with Crippen molar-refractivity contribution in [3.63, 3.8) is 0 Å². The summed E-state index contributed by atoms with van der Waals surface area (Å²) in [5.41, 5.74) is 2.22. The second-order valence-electron chi connectivity index (χ2n) is 3.69. The second-order valence-corrected chi connectivity index (χ2v) is 4.54. The molecule has 5 heteroatoms. The van der Waals surface area contributed by atoms with E-state index in [1.807, 2.05) is 30.3 Å². The fraction of sp³-hybridized carbons (Fsp3) is 0.0769. The lowest BCUT2D eigenvalue weighted by molar-refractivity contribution is -0.384. The summed E-state index contributed by atoms with van der Waals surface area (Å²) in [5.74, 6) is 0. The summed E-state index contributed by atoms with van der Waals surface area (Å²) < 4.78 is 0.829. The van der Waals surface area contributed by atoms with Gasteiger partial charge in [-0.25, -0.2) is 0 Å². The van der Waals surface area contributed by atoms with E-state index in [2.05, 4.69) is 21.2 Å². The highest BCUT2D eigenvalue weighted by Gasteiger charge is 2.20. The third kappa shape index (κ3) is 2.22. The molecule has 2 aromatic rings. The molecule has 0 aromatic heterocycles. The van der Waals surface area contributed by atoms with E-state index in [4.69, 9.17) is 0 Å². The summed E-state index contributed by atoms with van der Waals surface area (Å²) >= 11 is 3.43. The summed E-state index contributed by atoms with van der Waals surface area (Å²) in [4.78, 5) is 10.8. The van der Waals surface area contributed by atoms with Crippen LogP contribution in [0.2, 0.25) is 0 Å². The van der Waals surface area contributed by atoms with E-state index in [1.165, 1.54) is 6.07 Å². The van der Waals surface area contributed by atoms with Crippen LogP contribution in [0.5, 0.6) is 0 Å². The quantitative estimate of drug-likeness (QED) is 0.687. The first-order chi connectivity index (χ1) is 8.65. The van der Waals surface area contributed by atoms with Gasteiger partial charge in [-0.2, -0.15) is 0 Å². The number of nitrogens with zero attached hydrogens (tertiary/aromatic N) is 1. The van der Waals surface area contributed by atoms with E-state index in [1.54, 1.807) is 13.1 Å². The molecule has 0 unspecified atom stereocenters. The van der Waals surface area contributed by atoms with Gasteiger partial charge in [-0.1, -0.05) is 40.2 Å². The molecule has 0 saturated carbocycles. The predicted molar refractivity (Wildman–Crippen MR) is 75.8 cm³/mol. The number of anilines is 1. The average Bonchev–Trinajstić information content (AvgIpc) is 2.38. The van der Waals surface area contributed by atoms with E-state index in [9.17, 15) is 10.1 Å². The number of nitrogens with one attached hydrogen (secondary N) is 1. The lowest BCUT2D eigenvalue weighted by Crippen LogP contribution is -1.98. The highest BCUT2D eigenvalue weighted by Crippen LogP contribution is 2.39. The van der Waals surface area contributed by atoms with Crippen LogP contribution < -0.4 is 5.32 Å². The van der Waals surface area contributed by atoms with Gasteiger partial charge in [0.05, 0.1) is 10.5 Å². The minimum absolute atomic E-state index is 0.0914. The molecule has 2 rings (SSSR count). The smallest absolute Gasteiger partial charge is 0.279 e. The molecule has 0 spiro atoms. The first kappa shape index (κ1) is 12.6. The third-order valence-electron chi connectivity index (χ3n) is 2.65. The number of benzene rings is 2. The molecule has 2 aromatic carbocycles. The Hall–Kier alpha value is -1.88. The van der Waals surface area contributed by atoms with Gasteiger partial charge in [-0.05, 0) is 12.1 Å². The van der Waals surface area contributed by atoms with Gasteiger partial charge in [-0.15, -0.1) is 0 Å². The third-order valence-corrected chi connectivity index (χ3v) is 3.34. The van der Waals surface area contributed by atoms with Gasteiger partial charge in [0, 0.05) is 28.8 Å². The fourth-order valence-electron chi connectivity index (χ4n) is 1.85. The summed E-state index contributed by atoms with van der Waals surface area (Å²) in [6.07, 6.45) is 0. The van der Waals surface area contributed by atoms with E-state index in [-0.39, 0.29) is 10.6 Å². The zero-order chi connectivity index (χ0) is 13.1. The van der Waals surface area contributed by atoms with E-state index >= 15 is 0 Å². The van der Waals surface area contributed by atoms with E-state index in [0.717, 1.165) is 15.7 Å². The Kier molecular flexibility index (Phi) is 3.62. The zero-order valence-corrected chi connectivity index (χ0v) is 11.3. The van der Waals surface area contributed by atoms with Crippen molar-refractivity contribution in [2.75, 3.05) is 12.4 Å². The van der Waals surface area contributed by atoms with Crippen LogP contribution in [0.15, 0.2) is 46.9 Å². The van der Waals surface area contributed by atoms with Crippen LogP contribution in [-0.2, 0) is 0 Å².